The van der Waals surface area contributed by atoms with Crippen LogP contribution >= 0.6 is 23.2 Å². The molecule has 7 aromatic rings. The molecular weight excluding hydrogens is 721 g/mol. The number of hydrogen-bond acceptors (Lipinski definition) is 7. The maximum atomic E-state index is 12.4. The zero-order valence-corrected chi connectivity index (χ0v) is 30.4. The molecule has 1 N–H and O–H groups in total. The summed E-state index contributed by atoms with van der Waals surface area (Å²) in [5.41, 5.74) is 4.03. The summed E-state index contributed by atoms with van der Waals surface area (Å²) in [5.74, 6) is 2.61. The molecule has 0 fully saturated rings. The minimum absolute atomic E-state index is 0.201. The lowest BCUT2D eigenvalue weighted by atomic mass is 10.1. The van der Waals surface area contributed by atoms with E-state index in [0.717, 1.165) is 17.0 Å². The van der Waals surface area contributed by atoms with Gasteiger partial charge >= 0.3 is 0 Å². The second-order valence-electron chi connectivity index (χ2n) is 11.8. The van der Waals surface area contributed by atoms with Crippen LogP contribution in [0.1, 0.15) is 38.4 Å². The van der Waals surface area contributed by atoms with E-state index in [1.807, 2.05) is 70.9 Å². The Labute approximate surface area is 322 Å². The van der Waals surface area contributed by atoms with Gasteiger partial charge in [0, 0.05) is 60.2 Å². The highest BCUT2D eigenvalue weighted by Gasteiger charge is 2.12. The number of imidazole rings is 2. The number of nitriles is 2. The fraction of sp³-hybridized carbons (Fsp3) is 0.0714. The number of nitrogens with one attached hydrogen (secondary N) is 1. The van der Waals surface area contributed by atoms with Crippen molar-refractivity contribution in [2.75, 3.05) is 5.32 Å². The highest BCUT2D eigenvalue weighted by molar-refractivity contribution is 6.35. The highest BCUT2D eigenvalue weighted by Crippen LogP contribution is 2.34. The summed E-state index contributed by atoms with van der Waals surface area (Å²) in [4.78, 5) is 20.6. The number of nitrogens with zero attached hydrogens (tertiary/aromatic N) is 6. The van der Waals surface area contributed by atoms with Crippen LogP contribution in [0.25, 0.3) is 0 Å². The molecular formula is C42H31Cl2N7O3. The summed E-state index contributed by atoms with van der Waals surface area (Å²) in [6, 6.07) is 36.3. The van der Waals surface area contributed by atoms with E-state index in [-0.39, 0.29) is 5.91 Å². The van der Waals surface area contributed by atoms with Crippen LogP contribution in [0.2, 0.25) is 10.0 Å². The number of aryl methyl sites for hydroxylation is 1. The molecule has 1 amide bonds. The fourth-order valence-corrected chi connectivity index (χ4v) is 5.72. The molecule has 0 saturated carbocycles. The van der Waals surface area contributed by atoms with E-state index >= 15 is 0 Å². The van der Waals surface area contributed by atoms with Crippen LogP contribution in [0.5, 0.6) is 23.0 Å². The summed E-state index contributed by atoms with van der Waals surface area (Å²) in [6.45, 7) is 3.20. The average Bonchev–Trinajstić information content (AvgIpc) is 3.85. The van der Waals surface area contributed by atoms with Gasteiger partial charge in [0.15, 0.2) is 0 Å². The van der Waals surface area contributed by atoms with Gasteiger partial charge in [-0.1, -0.05) is 59.6 Å². The largest absolute Gasteiger partial charge is 0.456 e. The van der Waals surface area contributed by atoms with Crippen LogP contribution < -0.4 is 14.8 Å². The first-order valence-electron chi connectivity index (χ1n) is 16.5. The summed E-state index contributed by atoms with van der Waals surface area (Å²) in [6.07, 6.45) is 8.99. The Kier molecular flexibility index (Phi) is 12.0. The highest BCUT2D eigenvalue weighted by atomic mass is 35.5. The molecule has 7 rings (SSSR count). The molecule has 10 nitrogen and oxygen atoms in total. The predicted molar refractivity (Wildman–Crippen MR) is 207 cm³/mol. The first kappa shape index (κ1) is 36.9. The van der Waals surface area contributed by atoms with E-state index < -0.39 is 0 Å². The lowest BCUT2D eigenvalue weighted by molar-refractivity contribution is 0.102. The van der Waals surface area contributed by atoms with Crippen molar-refractivity contribution in [3.8, 4) is 35.1 Å². The maximum Gasteiger partial charge on any atom is 0.255 e. The minimum atomic E-state index is -0.201. The molecule has 0 saturated heterocycles. The Morgan fingerprint density at radius 2 is 1.48 bits per heavy atom. The molecule has 0 aliphatic carbocycles. The van der Waals surface area contributed by atoms with Crippen molar-refractivity contribution in [3.05, 3.63) is 184 Å². The van der Waals surface area contributed by atoms with Crippen molar-refractivity contribution in [2.24, 2.45) is 0 Å². The smallest absolute Gasteiger partial charge is 0.255 e. The molecule has 0 aliphatic rings. The third-order valence-electron chi connectivity index (χ3n) is 8.00. The Morgan fingerprint density at radius 1 is 0.759 bits per heavy atom. The minimum Gasteiger partial charge on any atom is -0.456 e. The van der Waals surface area contributed by atoms with Crippen molar-refractivity contribution in [1.82, 2.24) is 19.1 Å². The third kappa shape index (κ3) is 9.72. The van der Waals surface area contributed by atoms with Gasteiger partial charge in [0.2, 0.25) is 0 Å². The summed E-state index contributed by atoms with van der Waals surface area (Å²) in [5, 5.41) is 22.5. The topological polar surface area (TPSA) is 131 Å². The zero-order valence-electron chi connectivity index (χ0n) is 28.9. The number of benzene rings is 5. The lowest BCUT2D eigenvalue weighted by Crippen LogP contribution is -2.11. The Bertz CT molecular complexity index is 2470. The molecule has 0 radical (unpaired) electrons. The molecule has 0 unspecified atom stereocenters. The van der Waals surface area contributed by atoms with Crippen LogP contribution in [-0.2, 0) is 13.1 Å². The second-order valence-corrected chi connectivity index (χ2v) is 12.7. The van der Waals surface area contributed by atoms with E-state index in [1.54, 1.807) is 85.5 Å². The van der Waals surface area contributed by atoms with Crippen molar-refractivity contribution in [2.45, 2.75) is 20.0 Å². The van der Waals surface area contributed by atoms with E-state index in [2.05, 4.69) is 27.4 Å². The molecule has 0 bridgehead atoms. The van der Waals surface area contributed by atoms with E-state index in [0.29, 0.717) is 68.5 Å². The van der Waals surface area contributed by atoms with Crippen LogP contribution in [0.15, 0.2) is 140 Å². The van der Waals surface area contributed by atoms with Crippen LogP contribution in [0.3, 0.4) is 0 Å². The molecule has 2 heterocycles. The van der Waals surface area contributed by atoms with Crippen LogP contribution in [0, 0.1) is 29.6 Å². The van der Waals surface area contributed by atoms with Gasteiger partial charge < -0.3 is 23.9 Å². The van der Waals surface area contributed by atoms with Gasteiger partial charge in [0.25, 0.3) is 5.91 Å². The number of halogens is 2. The third-order valence-corrected chi connectivity index (χ3v) is 8.53. The molecule has 0 spiro atoms. The molecule has 2 aromatic heterocycles. The maximum absolute atomic E-state index is 12.4. The van der Waals surface area contributed by atoms with Gasteiger partial charge in [-0.3, -0.25) is 4.79 Å². The van der Waals surface area contributed by atoms with E-state index in [4.69, 9.17) is 32.7 Å². The van der Waals surface area contributed by atoms with E-state index in [9.17, 15) is 15.3 Å². The number of rotatable bonds is 10. The fourth-order valence-electron chi connectivity index (χ4n) is 5.28. The number of hydrogen-bond donors (Lipinski definition) is 1. The second kappa shape index (κ2) is 17.6. The molecule has 5 aromatic carbocycles. The Hall–Kier alpha value is -6.85. The van der Waals surface area contributed by atoms with Crippen molar-refractivity contribution in [1.29, 1.82) is 10.5 Å². The lowest BCUT2D eigenvalue weighted by Gasteiger charge is -2.12. The van der Waals surface area contributed by atoms with Gasteiger partial charge in [-0.25, -0.2) is 9.97 Å². The number of ether oxygens (including phenoxy) is 2. The van der Waals surface area contributed by atoms with Gasteiger partial charge in [-0.2, -0.15) is 10.5 Å². The average molecular weight is 753 g/mol. The van der Waals surface area contributed by atoms with Crippen LogP contribution in [-0.4, -0.2) is 25.0 Å². The van der Waals surface area contributed by atoms with E-state index in [1.165, 1.54) is 0 Å². The van der Waals surface area contributed by atoms with Gasteiger partial charge in [-0.05, 0) is 84.8 Å². The molecule has 266 valence electrons. The standard InChI is InChI=1S/C24H18N4O2.C18H13Cl2N3O/c25-15-20-10-9-18(16-28-12-11-26-17-28)13-23(20)30-22-8-4-7-21(14-22)27-24(29)19-5-2-1-3-6-19;1-12-22-6-7-23(12)11-13-2-3-14(10-21)18(8-13)24-17-5-4-15(19)9-16(17)20/h1-14,17H,16H2,(H,27,29);2-9H,11H2,1H3. The Morgan fingerprint density at radius 3 is 2.13 bits per heavy atom. The summed E-state index contributed by atoms with van der Waals surface area (Å²) >= 11 is 12.0. The number of amides is 1. The summed E-state index contributed by atoms with van der Waals surface area (Å²) < 4.78 is 15.8. The SMILES string of the molecule is Cc1nccn1Cc1ccc(C#N)c(Oc2ccc(Cl)cc2Cl)c1.N#Cc1ccc(Cn2ccnc2)cc1Oc1cccc(NC(=O)c2ccccc2)c1. The molecule has 54 heavy (non-hydrogen) atoms. The number of carbonyl (C=O) groups excluding carboxylic acids is 1. The first-order chi connectivity index (χ1) is 26.3. The quantitative estimate of drug-likeness (QED) is 0.147. The van der Waals surface area contributed by atoms with Crippen molar-refractivity contribution in [3.63, 3.8) is 0 Å². The van der Waals surface area contributed by atoms with Crippen molar-refractivity contribution < 1.29 is 14.3 Å². The van der Waals surface area contributed by atoms with Gasteiger partial charge in [-0.15, -0.1) is 0 Å². The monoisotopic (exact) mass is 751 g/mol. The van der Waals surface area contributed by atoms with Gasteiger partial charge in [0.05, 0.1) is 22.5 Å². The first-order valence-corrected chi connectivity index (χ1v) is 17.3. The summed E-state index contributed by atoms with van der Waals surface area (Å²) in [7, 11) is 0. The normalized spacial score (nSPS) is 10.3. The predicted octanol–water partition coefficient (Wildman–Crippen LogP) is 10.1. The zero-order chi connectivity index (χ0) is 37.9. The molecule has 12 heteroatoms. The Balaban J connectivity index is 0.000000189. The van der Waals surface area contributed by atoms with Crippen LogP contribution in [0.4, 0.5) is 5.69 Å². The van der Waals surface area contributed by atoms with Crippen molar-refractivity contribution >= 4 is 34.8 Å². The van der Waals surface area contributed by atoms with Gasteiger partial charge in [0.1, 0.15) is 41.0 Å². The number of anilines is 1. The molecule has 0 atom stereocenters. The number of carbonyl (C=O) groups is 1. The molecule has 0 aliphatic heterocycles. The number of aromatic nitrogens is 4.